The fraction of sp³-hybridized carbons (Fsp3) is 1.00. The Bertz CT molecular complexity index is 9.61. The van der Waals surface area contributed by atoms with Crippen LogP contribution < -0.4 is 0 Å². The van der Waals surface area contributed by atoms with E-state index in [1.54, 1.807) is 6.92 Å². The molecule has 0 spiro atoms. The maximum Gasteiger partial charge on any atom is 0.0402 e. The quantitative estimate of drug-likeness (QED) is 0.682. The first-order valence-corrected chi connectivity index (χ1v) is 1.02. The summed E-state index contributed by atoms with van der Waals surface area (Å²) in [5, 5.41) is 7.57. The minimum Gasteiger partial charge on any atom is -0.693 e. The molecule has 0 heterocycles. The molecule has 0 radical (unpaired) electrons. The van der Waals surface area contributed by atoms with Crippen molar-refractivity contribution in [1.82, 2.24) is 0 Å². The zero-order valence-corrected chi connectivity index (χ0v) is 5.32. The molecule has 0 aliphatic carbocycles. The fourth-order valence-electron chi connectivity index (χ4n) is 0. The van der Waals surface area contributed by atoms with Crippen molar-refractivity contribution in [1.29, 1.82) is 0 Å². The van der Waals surface area contributed by atoms with Gasteiger partial charge in [-0.15, -0.1) is 0 Å². The van der Waals surface area contributed by atoms with Crippen molar-refractivity contribution in [3.8, 4) is 0 Å². The van der Waals surface area contributed by atoms with Crippen LogP contribution >= 0.6 is 0 Å². The van der Waals surface area contributed by atoms with Crippen molar-refractivity contribution in [2.75, 3.05) is 6.61 Å². The third kappa shape index (κ3) is 84.7. The minimum atomic E-state index is 0. The van der Waals surface area contributed by atoms with Gasteiger partial charge in [-0.2, -0.15) is 0 Å². The van der Waals surface area contributed by atoms with Crippen LogP contribution in [0.1, 0.15) is 6.92 Å². The number of nitrogens with two attached hydrogens (primary N) is 1. The summed E-state index contributed by atoms with van der Waals surface area (Å²) >= 11 is 0. The number of rotatable bonds is 0. The van der Waals surface area contributed by atoms with Gasteiger partial charge < -0.3 is 11.3 Å². The van der Waals surface area contributed by atoms with Crippen molar-refractivity contribution in [2.45, 2.75) is 6.92 Å². The summed E-state index contributed by atoms with van der Waals surface area (Å²) in [7, 11) is 0. The van der Waals surface area contributed by atoms with Gasteiger partial charge in [0.1, 0.15) is 0 Å². The molecule has 0 fully saturated rings. The standard InChI is InChI=1S/C2H6O.H2N.Pt/c1-2-3;;/h3H,2H2,1H3;1H2;/q;-1;. The molecule has 38 valence electrons. The Labute approximate surface area is 46.4 Å². The summed E-state index contributed by atoms with van der Waals surface area (Å²) in [6.45, 7) is 1.93. The molecule has 0 unspecified atom stereocenters. The third-order valence-corrected chi connectivity index (χ3v) is 0. The monoisotopic (exact) mass is 257 g/mol. The van der Waals surface area contributed by atoms with Gasteiger partial charge >= 0.3 is 0 Å². The van der Waals surface area contributed by atoms with Crippen molar-refractivity contribution in [3.63, 3.8) is 0 Å². The number of hydrogen-bond donors (Lipinski definition) is 1. The van der Waals surface area contributed by atoms with E-state index in [-0.39, 0.29) is 33.8 Å². The van der Waals surface area contributed by atoms with Gasteiger partial charge in [-0.25, -0.2) is 0 Å². The van der Waals surface area contributed by atoms with Crippen LogP contribution in [0.3, 0.4) is 0 Å². The molecule has 0 amide bonds. The number of hydrogen-bond acceptors (Lipinski definition) is 1. The van der Waals surface area contributed by atoms with Gasteiger partial charge in [-0.1, -0.05) is 0 Å². The molecular weight excluding hydrogens is 249 g/mol. The topological polar surface area (TPSA) is 53.7 Å². The molecule has 0 rings (SSSR count). The molecule has 0 aromatic carbocycles. The van der Waals surface area contributed by atoms with E-state index >= 15 is 0 Å². The van der Waals surface area contributed by atoms with E-state index in [0.717, 1.165) is 0 Å². The summed E-state index contributed by atoms with van der Waals surface area (Å²) in [5.41, 5.74) is 0. The smallest absolute Gasteiger partial charge is 0.0402 e. The predicted molar refractivity (Wildman–Crippen MR) is 18.0 cm³/mol. The largest absolute Gasteiger partial charge is 0.693 e. The van der Waals surface area contributed by atoms with Crippen LogP contribution in [-0.2, 0) is 21.1 Å². The molecule has 0 aromatic rings. The van der Waals surface area contributed by atoms with Gasteiger partial charge in [0.05, 0.1) is 0 Å². The van der Waals surface area contributed by atoms with Crippen LogP contribution in [0.25, 0.3) is 6.15 Å². The molecule has 3 N–H and O–H groups in total. The fourth-order valence-corrected chi connectivity index (χ4v) is 0. The molecule has 2 nitrogen and oxygen atoms in total. The Kier molecular flexibility index (Phi) is 81.2. The molecule has 0 aromatic heterocycles. The molecule has 5 heavy (non-hydrogen) atoms. The first-order valence-electron chi connectivity index (χ1n) is 1.02. The molecular formula is C2H8NOPt-. The second-order valence-corrected chi connectivity index (χ2v) is 0.316. The first-order chi connectivity index (χ1) is 1.41. The summed E-state index contributed by atoms with van der Waals surface area (Å²) in [4.78, 5) is 0. The van der Waals surface area contributed by atoms with Crippen molar-refractivity contribution < 1.29 is 26.2 Å². The molecule has 0 aliphatic rings. The normalized spacial score (nSPS) is 3.60. The summed E-state index contributed by atoms with van der Waals surface area (Å²) in [6, 6.07) is 0. The van der Waals surface area contributed by atoms with Crippen molar-refractivity contribution >= 4 is 0 Å². The van der Waals surface area contributed by atoms with E-state index in [4.69, 9.17) is 5.11 Å². The Morgan fingerprint density at radius 2 is 1.60 bits per heavy atom. The SMILES string of the molecule is CCO.[NH2-].[Pt]. The van der Waals surface area contributed by atoms with Crippen molar-refractivity contribution in [3.05, 3.63) is 6.15 Å². The zero-order chi connectivity index (χ0) is 2.71. The molecule has 0 atom stereocenters. The number of aliphatic hydroxyl groups excluding tert-OH is 1. The Hall–Kier alpha value is 0.608. The molecule has 0 bridgehead atoms. The van der Waals surface area contributed by atoms with Crippen molar-refractivity contribution in [2.24, 2.45) is 0 Å². The first kappa shape index (κ1) is 17.5. The van der Waals surface area contributed by atoms with Gasteiger partial charge in [-0.05, 0) is 6.92 Å². The van der Waals surface area contributed by atoms with E-state index in [1.807, 2.05) is 0 Å². The van der Waals surface area contributed by atoms with E-state index < -0.39 is 0 Å². The second-order valence-electron chi connectivity index (χ2n) is 0.316. The van der Waals surface area contributed by atoms with Gasteiger partial charge in [-0.3, -0.25) is 0 Å². The molecule has 0 saturated carbocycles. The van der Waals surface area contributed by atoms with Gasteiger partial charge in [0, 0.05) is 27.7 Å². The average molecular weight is 257 g/mol. The number of aliphatic hydroxyl groups is 1. The summed E-state index contributed by atoms with van der Waals surface area (Å²) < 4.78 is 0. The van der Waals surface area contributed by atoms with Crippen LogP contribution in [0.4, 0.5) is 0 Å². The van der Waals surface area contributed by atoms with E-state index in [0.29, 0.717) is 0 Å². The second kappa shape index (κ2) is 23.2. The minimum absolute atomic E-state index is 0. The third-order valence-electron chi connectivity index (χ3n) is 0. The Morgan fingerprint density at radius 3 is 1.60 bits per heavy atom. The predicted octanol–water partition coefficient (Wildman–Crippen LogP) is 0.713. The molecule has 0 saturated heterocycles. The van der Waals surface area contributed by atoms with E-state index in [1.165, 1.54) is 0 Å². The van der Waals surface area contributed by atoms with Crippen LogP contribution in [0.2, 0.25) is 0 Å². The van der Waals surface area contributed by atoms with Gasteiger partial charge in [0.2, 0.25) is 0 Å². The Balaban J connectivity index is -0.0000000200. The Morgan fingerprint density at radius 1 is 1.60 bits per heavy atom. The van der Waals surface area contributed by atoms with Crippen LogP contribution in [0, 0.1) is 0 Å². The van der Waals surface area contributed by atoms with Crippen LogP contribution in [0.5, 0.6) is 0 Å². The zero-order valence-electron chi connectivity index (χ0n) is 3.05. The average Bonchev–Trinajstić information content (AvgIpc) is 0.918. The molecule has 0 aliphatic heterocycles. The maximum absolute atomic E-state index is 7.57. The summed E-state index contributed by atoms with van der Waals surface area (Å²) in [5.74, 6) is 0. The van der Waals surface area contributed by atoms with E-state index in [9.17, 15) is 0 Å². The molecule has 3 heteroatoms. The maximum atomic E-state index is 7.57. The van der Waals surface area contributed by atoms with E-state index in [2.05, 4.69) is 0 Å². The van der Waals surface area contributed by atoms with Gasteiger partial charge in [0.15, 0.2) is 0 Å². The van der Waals surface area contributed by atoms with Gasteiger partial charge in [0.25, 0.3) is 0 Å². The van der Waals surface area contributed by atoms with Crippen LogP contribution in [0.15, 0.2) is 0 Å². The summed E-state index contributed by atoms with van der Waals surface area (Å²) in [6.07, 6.45) is 0. The van der Waals surface area contributed by atoms with Crippen LogP contribution in [-0.4, -0.2) is 11.7 Å².